The first kappa shape index (κ1) is 21.7. The van der Waals surface area contributed by atoms with Gasteiger partial charge in [0.2, 0.25) is 10.0 Å². The minimum Gasteiger partial charge on any atom is -0.340 e. The number of carbonyl (C=O) groups excluding carboxylic acids is 1. The molecule has 3 rings (SSSR count). The first-order valence-electron chi connectivity index (χ1n) is 9.05. The molecule has 1 amide bonds. The van der Waals surface area contributed by atoms with Gasteiger partial charge in [-0.25, -0.2) is 13.6 Å². The summed E-state index contributed by atoms with van der Waals surface area (Å²) in [6.07, 6.45) is 2.07. The number of rotatable bonds is 7. The molecule has 1 unspecified atom stereocenters. The van der Waals surface area contributed by atoms with Gasteiger partial charge in [0, 0.05) is 9.35 Å². The fourth-order valence-corrected chi connectivity index (χ4v) is 4.77. The van der Waals surface area contributed by atoms with Crippen LogP contribution in [0.25, 0.3) is 0 Å². The van der Waals surface area contributed by atoms with Gasteiger partial charge in [-0.2, -0.15) is 0 Å². The summed E-state index contributed by atoms with van der Waals surface area (Å²) < 4.78 is 23.8. The highest BCUT2D eigenvalue weighted by Gasteiger charge is 2.21. The zero-order valence-electron chi connectivity index (χ0n) is 15.8. The summed E-state index contributed by atoms with van der Waals surface area (Å²) in [5, 5.41) is 10.2. The number of nitrogens with one attached hydrogen (secondary N) is 1. The van der Waals surface area contributed by atoms with Crippen LogP contribution in [0.2, 0.25) is 0 Å². The van der Waals surface area contributed by atoms with Crippen LogP contribution in [0.4, 0.5) is 0 Å². The van der Waals surface area contributed by atoms with E-state index < -0.39 is 15.9 Å². The lowest BCUT2D eigenvalue weighted by Gasteiger charge is -2.19. The molecule has 1 aromatic heterocycles. The first-order chi connectivity index (χ1) is 13.8. The van der Waals surface area contributed by atoms with Crippen molar-refractivity contribution in [2.24, 2.45) is 5.14 Å². The molecule has 0 saturated carbocycles. The Morgan fingerprint density at radius 2 is 1.90 bits per heavy atom. The van der Waals surface area contributed by atoms with Crippen molar-refractivity contribution in [2.45, 2.75) is 30.7 Å². The zero-order valence-corrected chi connectivity index (χ0v) is 19.0. The lowest BCUT2D eigenvalue weighted by molar-refractivity contribution is 0.0942. The topological polar surface area (TPSA) is 89.3 Å². The van der Waals surface area contributed by atoms with Gasteiger partial charge in [-0.3, -0.25) is 4.79 Å². The number of sulfonamides is 1. The van der Waals surface area contributed by atoms with Gasteiger partial charge in [0.1, 0.15) is 0 Å². The summed E-state index contributed by atoms with van der Waals surface area (Å²) in [7, 11) is -3.91. The predicted octanol–water partition coefficient (Wildman–Crippen LogP) is 4.63. The van der Waals surface area contributed by atoms with Crippen LogP contribution in [0, 0.1) is 0 Å². The van der Waals surface area contributed by atoms with Gasteiger partial charge in [0.25, 0.3) is 5.91 Å². The molecule has 3 N–H and O–H groups in total. The van der Waals surface area contributed by atoms with Crippen LogP contribution in [-0.2, 0) is 16.4 Å². The van der Waals surface area contributed by atoms with Crippen LogP contribution in [0.5, 0.6) is 0 Å². The van der Waals surface area contributed by atoms with Gasteiger partial charge < -0.3 is 5.32 Å². The number of hydrogen-bond donors (Lipinski definition) is 2. The summed E-state index contributed by atoms with van der Waals surface area (Å²) in [5.41, 5.74) is 2.41. The van der Waals surface area contributed by atoms with Crippen LogP contribution in [0.3, 0.4) is 0 Å². The number of aryl methyl sites for hydroxylation is 1. The van der Waals surface area contributed by atoms with Crippen molar-refractivity contribution >= 4 is 43.2 Å². The fraction of sp³-hybridized carbons (Fsp3) is 0.190. The van der Waals surface area contributed by atoms with Gasteiger partial charge in [0.05, 0.1) is 16.5 Å². The number of benzene rings is 2. The second-order valence-corrected chi connectivity index (χ2v) is 10.00. The Morgan fingerprint density at radius 1 is 1.17 bits per heavy atom. The number of primary sulfonamides is 1. The Labute approximate surface area is 183 Å². The van der Waals surface area contributed by atoms with Gasteiger partial charge in [-0.1, -0.05) is 43.7 Å². The minimum absolute atomic E-state index is 0.109. The second kappa shape index (κ2) is 9.21. The maximum absolute atomic E-state index is 13.0. The average Bonchev–Trinajstić information content (AvgIpc) is 3.21. The third kappa shape index (κ3) is 5.33. The molecule has 3 aromatic rings. The van der Waals surface area contributed by atoms with E-state index >= 15 is 0 Å². The molecule has 1 atom stereocenters. The second-order valence-electron chi connectivity index (χ2n) is 6.60. The molecule has 0 aliphatic rings. The molecule has 0 saturated heterocycles. The molecule has 0 aliphatic carbocycles. The summed E-state index contributed by atoms with van der Waals surface area (Å²) in [6, 6.07) is 15.9. The van der Waals surface area contributed by atoms with Crippen LogP contribution in [0.15, 0.2) is 69.3 Å². The molecule has 0 bridgehead atoms. The maximum atomic E-state index is 13.0. The molecule has 5 nitrogen and oxygen atoms in total. The van der Waals surface area contributed by atoms with Crippen molar-refractivity contribution in [3.8, 4) is 0 Å². The highest BCUT2D eigenvalue weighted by atomic mass is 79.9. The summed E-state index contributed by atoms with van der Waals surface area (Å²) >= 11 is 4.87. The van der Waals surface area contributed by atoms with E-state index in [1.54, 1.807) is 11.3 Å². The van der Waals surface area contributed by atoms with Crippen LogP contribution < -0.4 is 10.5 Å². The highest BCUT2D eigenvalue weighted by Crippen LogP contribution is 2.28. The van der Waals surface area contributed by atoms with Gasteiger partial charge in [-0.05, 0) is 63.1 Å². The lowest BCUT2D eigenvalue weighted by atomic mass is 10.0. The van der Waals surface area contributed by atoms with Gasteiger partial charge in [0.15, 0.2) is 0 Å². The van der Waals surface area contributed by atoms with Crippen molar-refractivity contribution in [3.63, 3.8) is 0 Å². The van der Waals surface area contributed by atoms with E-state index in [2.05, 4.69) is 40.3 Å². The molecular weight excluding hydrogens is 472 g/mol. The third-order valence-corrected chi connectivity index (χ3v) is 7.01. The Morgan fingerprint density at radius 3 is 2.48 bits per heavy atom. The van der Waals surface area contributed by atoms with E-state index in [-0.39, 0.29) is 16.5 Å². The molecular formula is C21H21BrN2O3S2. The van der Waals surface area contributed by atoms with Crippen LogP contribution in [-0.4, -0.2) is 14.3 Å². The van der Waals surface area contributed by atoms with E-state index in [1.165, 1.54) is 23.8 Å². The molecule has 8 heteroatoms. The van der Waals surface area contributed by atoms with Crippen molar-refractivity contribution in [1.29, 1.82) is 0 Å². The average molecular weight is 493 g/mol. The summed E-state index contributed by atoms with van der Waals surface area (Å²) in [4.78, 5) is 13.9. The Kier molecular flexibility index (Phi) is 6.89. The number of thiophene rings is 1. The van der Waals surface area contributed by atoms with E-state index in [9.17, 15) is 13.2 Å². The summed E-state index contributed by atoms with van der Waals surface area (Å²) in [5.74, 6) is -0.390. The predicted molar refractivity (Wildman–Crippen MR) is 120 cm³/mol. The van der Waals surface area contributed by atoms with Crippen molar-refractivity contribution < 1.29 is 13.2 Å². The van der Waals surface area contributed by atoms with E-state index in [0.29, 0.717) is 4.47 Å². The largest absolute Gasteiger partial charge is 0.340 e. The highest BCUT2D eigenvalue weighted by molar-refractivity contribution is 9.10. The number of amides is 1. The Balaban J connectivity index is 1.94. The Hall–Kier alpha value is -2.00. The van der Waals surface area contributed by atoms with Crippen molar-refractivity contribution in [2.75, 3.05) is 0 Å². The standard InChI is InChI=1S/C21H21BrN2O3S2/c1-2-4-14-6-8-15(9-7-14)20(19-5-3-12-28-19)24-21(25)17-13-16(29(23,26)27)10-11-18(17)22/h3,5-13,20H,2,4H2,1H3,(H,24,25)(H2,23,26,27). The van der Waals surface area contributed by atoms with Crippen molar-refractivity contribution in [3.05, 3.63) is 86.0 Å². The van der Waals surface area contributed by atoms with E-state index in [0.717, 1.165) is 23.3 Å². The molecule has 0 aliphatic heterocycles. The molecule has 29 heavy (non-hydrogen) atoms. The zero-order chi connectivity index (χ0) is 21.0. The van der Waals surface area contributed by atoms with Gasteiger partial charge >= 0.3 is 0 Å². The maximum Gasteiger partial charge on any atom is 0.253 e. The fourth-order valence-electron chi connectivity index (χ4n) is 3.00. The third-order valence-electron chi connectivity index (χ3n) is 4.47. The smallest absolute Gasteiger partial charge is 0.253 e. The lowest BCUT2D eigenvalue weighted by Crippen LogP contribution is -2.29. The number of hydrogen-bond acceptors (Lipinski definition) is 4. The van der Waals surface area contributed by atoms with Crippen LogP contribution in [0.1, 0.15) is 45.7 Å². The molecule has 0 spiro atoms. The van der Waals surface area contributed by atoms with Crippen molar-refractivity contribution in [1.82, 2.24) is 5.32 Å². The van der Waals surface area contributed by atoms with E-state index in [1.807, 2.05) is 29.6 Å². The summed E-state index contributed by atoms with van der Waals surface area (Å²) in [6.45, 7) is 2.14. The first-order valence-corrected chi connectivity index (χ1v) is 12.3. The number of nitrogens with two attached hydrogens (primary N) is 1. The number of halogens is 1. The monoisotopic (exact) mass is 492 g/mol. The molecule has 152 valence electrons. The normalized spacial score (nSPS) is 12.5. The van der Waals surface area contributed by atoms with Crippen LogP contribution >= 0.6 is 27.3 Å². The molecule has 0 fully saturated rings. The molecule has 2 aromatic carbocycles. The van der Waals surface area contributed by atoms with E-state index in [4.69, 9.17) is 5.14 Å². The minimum atomic E-state index is -3.91. The molecule has 0 radical (unpaired) electrons. The number of carbonyl (C=O) groups is 1. The SMILES string of the molecule is CCCc1ccc(C(NC(=O)c2cc(S(N)(=O)=O)ccc2Br)c2cccs2)cc1. The Bertz CT molecular complexity index is 1100. The molecule has 1 heterocycles. The van der Waals surface area contributed by atoms with Gasteiger partial charge in [-0.15, -0.1) is 11.3 Å². The quantitative estimate of drug-likeness (QED) is 0.503.